The number of nitrogens with one attached hydrogen (secondary N) is 1. The first kappa shape index (κ1) is 14.3. The lowest BCUT2D eigenvalue weighted by molar-refractivity contribution is -0.137. The highest BCUT2D eigenvalue weighted by atomic mass is 19.4. The van der Waals surface area contributed by atoms with Gasteiger partial charge in [0, 0.05) is 6.04 Å². The molecule has 0 atom stereocenters. The van der Waals surface area contributed by atoms with E-state index in [1.807, 2.05) is 0 Å². The number of alkyl halides is 3. The second-order valence-corrected chi connectivity index (χ2v) is 4.03. The van der Waals surface area contributed by atoms with E-state index in [-0.39, 0.29) is 24.3 Å². The van der Waals surface area contributed by atoms with E-state index in [0.29, 0.717) is 0 Å². The Kier molecular flexibility index (Phi) is 4.58. The topological polar surface area (TPSA) is 38.3 Å². The predicted octanol–water partition coefficient (Wildman–Crippen LogP) is 2.61. The smallest absolute Gasteiger partial charge is 0.416 e. The summed E-state index contributed by atoms with van der Waals surface area (Å²) in [6.07, 6.45) is -4.37. The number of benzene rings is 1. The zero-order valence-electron chi connectivity index (χ0n) is 10.0. The molecule has 1 aromatic rings. The summed E-state index contributed by atoms with van der Waals surface area (Å²) in [6.45, 7) is 3.38. The van der Waals surface area contributed by atoms with Crippen molar-refractivity contribution in [2.75, 3.05) is 6.61 Å². The van der Waals surface area contributed by atoms with Crippen LogP contribution in [-0.4, -0.2) is 18.6 Å². The molecule has 6 heteroatoms. The fourth-order valence-electron chi connectivity index (χ4n) is 1.25. The van der Waals surface area contributed by atoms with Crippen molar-refractivity contribution < 1.29 is 22.7 Å². The third-order valence-electron chi connectivity index (χ3n) is 2.00. The summed E-state index contributed by atoms with van der Waals surface area (Å²) in [6, 6.07) is 4.19. The Morgan fingerprint density at radius 1 is 1.28 bits per heavy atom. The zero-order chi connectivity index (χ0) is 13.8. The maximum absolute atomic E-state index is 12.3. The summed E-state index contributed by atoms with van der Waals surface area (Å²) in [5, 5.41) is 2.60. The molecule has 0 aliphatic rings. The van der Waals surface area contributed by atoms with Crippen LogP contribution in [0.2, 0.25) is 0 Å². The molecular weight excluding hydrogens is 247 g/mol. The van der Waals surface area contributed by atoms with E-state index in [9.17, 15) is 18.0 Å². The molecule has 100 valence electrons. The lowest BCUT2D eigenvalue weighted by atomic mass is 10.2. The number of halogens is 3. The molecule has 0 heterocycles. The van der Waals surface area contributed by atoms with E-state index in [1.165, 1.54) is 12.1 Å². The van der Waals surface area contributed by atoms with E-state index in [4.69, 9.17) is 4.74 Å². The Bertz CT molecular complexity index is 399. The molecule has 0 radical (unpaired) electrons. The predicted molar refractivity (Wildman–Crippen MR) is 60.2 cm³/mol. The van der Waals surface area contributed by atoms with Crippen LogP contribution in [0.3, 0.4) is 0 Å². The van der Waals surface area contributed by atoms with Gasteiger partial charge in [0.05, 0.1) is 5.56 Å². The molecule has 1 aromatic carbocycles. The number of hydrogen-bond acceptors (Lipinski definition) is 2. The van der Waals surface area contributed by atoms with Gasteiger partial charge < -0.3 is 10.1 Å². The van der Waals surface area contributed by atoms with Crippen molar-refractivity contribution in [2.45, 2.75) is 26.1 Å². The lowest BCUT2D eigenvalue weighted by Gasteiger charge is -2.10. The van der Waals surface area contributed by atoms with Gasteiger partial charge in [-0.15, -0.1) is 0 Å². The van der Waals surface area contributed by atoms with Crippen molar-refractivity contribution in [2.24, 2.45) is 0 Å². The summed E-state index contributed by atoms with van der Waals surface area (Å²) in [5.41, 5.74) is -0.749. The largest absolute Gasteiger partial charge is 0.484 e. The fraction of sp³-hybridized carbons (Fsp3) is 0.417. The molecule has 1 rings (SSSR count). The molecule has 3 nitrogen and oxygen atoms in total. The molecular formula is C12H14F3NO2. The minimum atomic E-state index is -4.37. The summed E-state index contributed by atoms with van der Waals surface area (Å²) in [4.78, 5) is 11.2. The van der Waals surface area contributed by atoms with Crippen molar-refractivity contribution >= 4 is 5.91 Å². The Morgan fingerprint density at radius 2 is 1.83 bits per heavy atom. The molecule has 1 amide bonds. The average molecular weight is 261 g/mol. The monoisotopic (exact) mass is 261 g/mol. The van der Waals surface area contributed by atoms with E-state index in [0.717, 1.165) is 12.1 Å². The molecule has 18 heavy (non-hydrogen) atoms. The Morgan fingerprint density at radius 3 is 2.28 bits per heavy atom. The first-order valence-electron chi connectivity index (χ1n) is 5.38. The maximum Gasteiger partial charge on any atom is 0.416 e. The third kappa shape index (κ3) is 4.65. The summed E-state index contributed by atoms with van der Waals surface area (Å²) < 4.78 is 41.9. The molecule has 0 bridgehead atoms. The molecule has 0 fully saturated rings. The zero-order valence-corrected chi connectivity index (χ0v) is 10.0. The van der Waals surface area contributed by atoms with Crippen LogP contribution in [0.5, 0.6) is 5.75 Å². The number of rotatable bonds is 4. The molecule has 1 N–H and O–H groups in total. The van der Waals surface area contributed by atoms with Crippen LogP contribution in [0.1, 0.15) is 19.4 Å². The Labute approximate surface area is 103 Å². The number of hydrogen-bond donors (Lipinski definition) is 1. The second-order valence-electron chi connectivity index (χ2n) is 4.03. The Hall–Kier alpha value is -1.72. The highest BCUT2D eigenvalue weighted by Crippen LogP contribution is 2.30. The molecule has 0 saturated carbocycles. The van der Waals surface area contributed by atoms with Gasteiger partial charge in [-0.3, -0.25) is 4.79 Å². The normalized spacial score (nSPS) is 11.4. The van der Waals surface area contributed by atoms with Crippen LogP contribution in [0.4, 0.5) is 13.2 Å². The van der Waals surface area contributed by atoms with Crippen molar-refractivity contribution in [3.8, 4) is 5.75 Å². The standard InChI is InChI=1S/C12H14F3NO2/c1-8(2)16-11(17)7-18-10-5-3-9(4-6-10)12(13,14)15/h3-6,8H,7H2,1-2H3,(H,16,17). The molecule has 0 aliphatic heterocycles. The van der Waals surface area contributed by atoms with Crippen LogP contribution < -0.4 is 10.1 Å². The van der Waals surface area contributed by atoms with Crippen molar-refractivity contribution in [1.29, 1.82) is 0 Å². The first-order valence-corrected chi connectivity index (χ1v) is 5.38. The van der Waals surface area contributed by atoms with E-state index < -0.39 is 11.7 Å². The number of carbonyl (C=O) groups excluding carboxylic acids is 1. The van der Waals surface area contributed by atoms with Crippen LogP contribution in [-0.2, 0) is 11.0 Å². The quantitative estimate of drug-likeness (QED) is 0.904. The molecule has 0 spiro atoms. The van der Waals surface area contributed by atoms with Gasteiger partial charge in [0.2, 0.25) is 0 Å². The summed E-state index contributed by atoms with van der Waals surface area (Å²) in [7, 11) is 0. The van der Waals surface area contributed by atoms with Gasteiger partial charge in [-0.1, -0.05) is 0 Å². The van der Waals surface area contributed by atoms with Crippen molar-refractivity contribution in [3.63, 3.8) is 0 Å². The summed E-state index contributed by atoms with van der Waals surface area (Å²) >= 11 is 0. The van der Waals surface area contributed by atoms with Gasteiger partial charge >= 0.3 is 6.18 Å². The van der Waals surface area contributed by atoms with Crippen LogP contribution in [0, 0.1) is 0 Å². The average Bonchev–Trinajstić information content (AvgIpc) is 2.25. The Balaban J connectivity index is 2.52. The van der Waals surface area contributed by atoms with Gasteiger partial charge in [-0.2, -0.15) is 13.2 Å². The maximum atomic E-state index is 12.3. The van der Waals surface area contributed by atoms with Crippen LogP contribution >= 0.6 is 0 Å². The SMILES string of the molecule is CC(C)NC(=O)COc1ccc(C(F)(F)F)cc1. The number of amides is 1. The first-order chi connectivity index (χ1) is 8.29. The molecule has 0 aliphatic carbocycles. The number of ether oxygens (including phenoxy) is 1. The second kappa shape index (κ2) is 5.75. The fourth-order valence-corrected chi connectivity index (χ4v) is 1.25. The third-order valence-corrected chi connectivity index (χ3v) is 2.00. The van der Waals surface area contributed by atoms with Gasteiger partial charge in [0.25, 0.3) is 5.91 Å². The van der Waals surface area contributed by atoms with Crippen molar-refractivity contribution in [3.05, 3.63) is 29.8 Å². The van der Waals surface area contributed by atoms with Gasteiger partial charge in [0.15, 0.2) is 6.61 Å². The van der Waals surface area contributed by atoms with Gasteiger partial charge in [0.1, 0.15) is 5.75 Å². The van der Waals surface area contributed by atoms with Crippen LogP contribution in [0.25, 0.3) is 0 Å². The van der Waals surface area contributed by atoms with Gasteiger partial charge in [-0.25, -0.2) is 0 Å². The van der Waals surface area contributed by atoms with E-state index in [1.54, 1.807) is 13.8 Å². The number of carbonyl (C=O) groups is 1. The van der Waals surface area contributed by atoms with Gasteiger partial charge in [-0.05, 0) is 38.1 Å². The highest BCUT2D eigenvalue weighted by molar-refractivity contribution is 5.77. The lowest BCUT2D eigenvalue weighted by Crippen LogP contribution is -2.34. The highest BCUT2D eigenvalue weighted by Gasteiger charge is 2.30. The summed E-state index contributed by atoms with van der Waals surface area (Å²) in [5.74, 6) is -0.0909. The van der Waals surface area contributed by atoms with E-state index in [2.05, 4.69) is 5.32 Å². The minimum absolute atomic E-state index is 0.00583. The molecule has 0 unspecified atom stereocenters. The van der Waals surface area contributed by atoms with Crippen molar-refractivity contribution in [1.82, 2.24) is 5.32 Å². The molecule has 0 saturated heterocycles. The minimum Gasteiger partial charge on any atom is -0.484 e. The van der Waals surface area contributed by atoms with Crippen LogP contribution in [0.15, 0.2) is 24.3 Å². The van der Waals surface area contributed by atoms with E-state index >= 15 is 0 Å². The molecule has 0 aromatic heterocycles.